The normalized spacial score (nSPS) is 18.7. The highest BCUT2D eigenvalue weighted by molar-refractivity contribution is 7.93. The molecule has 2 saturated heterocycles. The van der Waals surface area contributed by atoms with E-state index in [1.54, 1.807) is 11.0 Å². The molecule has 8 heteroatoms. The summed E-state index contributed by atoms with van der Waals surface area (Å²) >= 11 is 0. The number of anilines is 2. The molecule has 0 saturated carbocycles. The van der Waals surface area contributed by atoms with Crippen molar-refractivity contribution in [1.82, 2.24) is 4.90 Å². The van der Waals surface area contributed by atoms with Crippen LogP contribution in [0.25, 0.3) is 0 Å². The largest absolute Gasteiger partial charge is 0.507 e. The third-order valence-corrected chi connectivity index (χ3v) is 7.73. The number of carbonyl (C=O) groups excluding carboxylic acids is 1. The van der Waals surface area contributed by atoms with Gasteiger partial charge in [0, 0.05) is 44.5 Å². The first kappa shape index (κ1) is 20.5. The first-order valence-electron chi connectivity index (χ1n) is 10.2. The van der Waals surface area contributed by atoms with Crippen LogP contribution in [-0.2, 0) is 10.0 Å². The van der Waals surface area contributed by atoms with Gasteiger partial charge in [-0.1, -0.05) is 17.7 Å². The standard InChI is InChI=1S/C22H27N3O4S/c1-16-4-7-20(17(2)14-16)23-9-11-24(12-10-23)22(27)19-6-5-18(15-21(19)26)25-8-3-13-30(25,28)29/h4-7,14-15,26H,3,8-13H2,1-2H3. The molecule has 0 spiro atoms. The van der Waals surface area contributed by atoms with E-state index in [0.29, 0.717) is 31.7 Å². The van der Waals surface area contributed by atoms with Gasteiger partial charge in [0.2, 0.25) is 10.0 Å². The van der Waals surface area contributed by atoms with Gasteiger partial charge in [0.15, 0.2) is 0 Å². The number of piperazine rings is 1. The molecule has 0 radical (unpaired) electrons. The maximum Gasteiger partial charge on any atom is 0.257 e. The molecule has 1 amide bonds. The number of aryl methyl sites for hydroxylation is 2. The maximum absolute atomic E-state index is 13.0. The van der Waals surface area contributed by atoms with Crippen molar-refractivity contribution in [2.24, 2.45) is 0 Å². The molecule has 2 aliphatic heterocycles. The fourth-order valence-electron chi connectivity index (χ4n) is 4.27. The number of rotatable bonds is 3. The summed E-state index contributed by atoms with van der Waals surface area (Å²) in [6.45, 7) is 7.14. The van der Waals surface area contributed by atoms with Crippen LogP contribution in [0, 0.1) is 13.8 Å². The van der Waals surface area contributed by atoms with Crippen LogP contribution in [0.5, 0.6) is 5.75 Å². The fraction of sp³-hybridized carbons (Fsp3) is 0.409. The number of amides is 1. The lowest BCUT2D eigenvalue weighted by Gasteiger charge is -2.37. The molecule has 2 aromatic carbocycles. The minimum atomic E-state index is -3.33. The van der Waals surface area contributed by atoms with Crippen molar-refractivity contribution in [1.29, 1.82) is 0 Å². The number of phenolic OH excluding ortho intramolecular Hbond substituents is 1. The number of benzene rings is 2. The average molecular weight is 430 g/mol. The summed E-state index contributed by atoms with van der Waals surface area (Å²) in [6.07, 6.45) is 0.564. The molecule has 4 rings (SSSR count). The van der Waals surface area contributed by atoms with Crippen molar-refractivity contribution in [2.45, 2.75) is 20.3 Å². The van der Waals surface area contributed by atoms with Gasteiger partial charge in [0.1, 0.15) is 5.75 Å². The van der Waals surface area contributed by atoms with Crippen molar-refractivity contribution in [3.8, 4) is 5.75 Å². The molecule has 7 nitrogen and oxygen atoms in total. The Bertz CT molecular complexity index is 1080. The van der Waals surface area contributed by atoms with E-state index < -0.39 is 10.0 Å². The molecule has 2 heterocycles. The van der Waals surface area contributed by atoms with E-state index in [1.165, 1.54) is 33.3 Å². The molecule has 2 fully saturated rings. The summed E-state index contributed by atoms with van der Waals surface area (Å²) in [7, 11) is -3.33. The maximum atomic E-state index is 13.0. The van der Waals surface area contributed by atoms with Crippen molar-refractivity contribution in [2.75, 3.05) is 47.7 Å². The summed E-state index contributed by atoms with van der Waals surface area (Å²) in [5.74, 6) is -0.306. The Morgan fingerprint density at radius 1 is 0.967 bits per heavy atom. The highest BCUT2D eigenvalue weighted by atomic mass is 32.2. The molecule has 30 heavy (non-hydrogen) atoms. The molecule has 1 N–H and O–H groups in total. The van der Waals surface area contributed by atoms with Gasteiger partial charge < -0.3 is 14.9 Å². The molecule has 0 atom stereocenters. The number of sulfonamides is 1. The molecule has 2 aliphatic rings. The smallest absolute Gasteiger partial charge is 0.257 e. The Morgan fingerprint density at radius 3 is 2.30 bits per heavy atom. The van der Waals surface area contributed by atoms with Gasteiger partial charge in [-0.3, -0.25) is 9.10 Å². The number of carbonyl (C=O) groups is 1. The number of aromatic hydroxyl groups is 1. The fourth-order valence-corrected chi connectivity index (χ4v) is 5.82. The SMILES string of the molecule is Cc1ccc(N2CCN(C(=O)c3ccc(N4CCCS4(=O)=O)cc3O)CC2)c(C)c1. The zero-order valence-corrected chi connectivity index (χ0v) is 18.2. The van der Waals surface area contributed by atoms with Crippen molar-refractivity contribution in [3.05, 3.63) is 53.1 Å². The van der Waals surface area contributed by atoms with Gasteiger partial charge >= 0.3 is 0 Å². The van der Waals surface area contributed by atoms with E-state index in [1.807, 2.05) is 0 Å². The Hall–Kier alpha value is -2.74. The zero-order chi connectivity index (χ0) is 21.5. The third-order valence-electron chi connectivity index (χ3n) is 5.86. The molecular formula is C22H27N3O4S. The Kier molecular flexibility index (Phi) is 5.36. The van der Waals surface area contributed by atoms with Crippen molar-refractivity contribution in [3.63, 3.8) is 0 Å². The Balaban J connectivity index is 1.45. The summed E-state index contributed by atoms with van der Waals surface area (Å²) < 4.78 is 25.5. The highest BCUT2D eigenvalue weighted by Gasteiger charge is 2.30. The second-order valence-electron chi connectivity index (χ2n) is 8.01. The van der Waals surface area contributed by atoms with Gasteiger partial charge in [-0.05, 0) is 44.0 Å². The van der Waals surface area contributed by atoms with Crippen molar-refractivity contribution >= 4 is 27.3 Å². The van der Waals surface area contributed by atoms with Crippen LogP contribution in [0.3, 0.4) is 0 Å². The lowest BCUT2D eigenvalue weighted by molar-refractivity contribution is 0.0744. The van der Waals surface area contributed by atoms with Gasteiger partial charge in [0.05, 0.1) is 17.0 Å². The number of hydrogen-bond acceptors (Lipinski definition) is 5. The molecule has 0 aliphatic carbocycles. The summed E-state index contributed by atoms with van der Waals surface area (Å²) in [5.41, 5.74) is 4.24. The third kappa shape index (κ3) is 3.84. The van der Waals surface area contributed by atoms with Gasteiger partial charge in [-0.25, -0.2) is 8.42 Å². The summed E-state index contributed by atoms with van der Waals surface area (Å²) in [5, 5.41) is 10.4. The zero-order valence-electron chi connectivity index (χ0n) is 17.3. The Labute approximate surface area is 177 Å². The number of nitrogens with zero attached hydrogens (tertiary/aromatic N) is 3. The molecule has 0 aromatic heterocycles. The number of phenols is 1. The predicted octanol–water partition coefficient (Wildman–Crippen LogP) is 2.51. The second kappa shape index (κ2) is 7.83. The van der Waals surface area contributed by atoms with Crippen LogP contribution in [0.15, 0.2) is 36.4 Å². The van der Waals surface area contributed by atoms with E-state index in [4.69, 9.17) is 0 Å². The summed E-state index contributed by atoms with van der Waals surface area (Å²) in [6, 6.07) is 10.9. The predicted molar refractivity (Wildman–Crippen MR) is 118 cm³/mol. The molecule has 0 unspecified atom stereocenters. The monoisotopic (exact) mass is 429 g/mol. The minimum absolute atomic E-state index is 0.110. The van der Waals surface area contributed by atoms with Crippen LogP contribution in [0.2, 0.25) is 0 Å². The molecule has 0 bridgehead atoms. The quantitative estimate of drug-likeness (QED) is 0.811. The number of hydrogen-bond donors (Lipinski definition) is 1. The van der Waals surface area contributed by atoms with Crippen LogP contribution in [0.1, 0.15) is 27.9 Å². The average Bonchev–Trinajstić information content (AvgIpc) is 3.06. The van der Waals surface area contributed by atoms with Crippen LogP contribution in [0.4, 0.5) is 11.4 Å². The minimum Gasteiger partial charge on any atom is -0.507 e. The van der Waals surface area contributed by atoms with Crippen LogP contribution in [-0.4, -0.2) is 62.8 Å². The van der Waals surface area contributed by atoms with Gasteiger partial charge in [-0.15, -0.1) is 0 Å². The summed E-state index contributed by atoms with van der Waals surface area (Å²) in [4.78, 5) is 17.0. The lowest BCUT2D eigenvalue weighted by atomic mass is 10.1. The topological polar surface area (TPSA) is 81.2 Å². The van der Waals surface area contributed by atoms with Crippen molar-refractivity contribution < 1.29 is 18.3 Å². The first-order chi connectivity index (χ1) is 14.3. The van der Waals surface area contributed by atoms with Gasteiger partial charge in [-0.2, -0.15) is 0 Å². The highest BCUT2D eigenvalue weighted by Crippen LogP contribution is 2.30. The second-order valence-corrected chi connectivity index (χ2v) is 10.0. The van der Waals surface area contributed by atoms with E-state index in [2.05, 4.69) is 36.9 Å². The van der Waals surface area contributed by atoms with E-state index in [0.717, 1.165) is 13.1 Å². The van der Waals surface area contributed by atoms with Gasteiger partial charge in [0.25, 0.3) is 5.91 Å². The van der Waals surface area contributed by atoms with E-state index in [9.17, 15) is 18.3 Å². The molecular weight excluding hydrogens is 402 g/mol. The van der Waals surface area contributed by atoms with E-state index in [-0.39, 0.29) is 23.0 Å². The van der Waals surface area contributed by atoms with E-state index >= 15 is 0 Å². The molecule has 2 aromatic rings. The lowest BCUT2D eigenvalue weighted by Crippen LogP contribution is -2.49. The Morgan fingerprint density at radius 2 is 1.70 bits per heavy atom. The molecule has 160 valence electrons. The van der Waals surface area contributed by atoms with Crippen LogP contribution >= 0.6 is 0 Å². The first-order valence-corrected chi connectivity index (χ1v) is 11.8. The van der Waals surface area contributed by atoms with Crippen LogP contribution < -0.4 is 9.21 Å².